The fourth-order valence-corrected chi connectivity index (χ4v) is 1.72. The van der Waals surface area contributed by atoms with Gasteiger partial charge in [0, 0.05) is 25.8 Å². The van der Waals surface area contributed by atoms with E-state index in [2.05, 4.69) is 10.3 Å². The van der Waals surface area contributed by atoms with E-state index in [0.29, 0.717) is 18.0 Å². The van der Waals surface area contributed by atoms with Gasteiger partial charge in [-0.3, -0.25) is 4.79 Å². The van der Waals surface area contributed by atoms with Crippen LogP contribution in [0.3, 0.4) is 0 Å². The molecule has 0 aliphatic heterocycles. The highest BCUT2D eigenvalue weighted by Gasteiger charge is 2.16. The van der Waals surface area contributed by atoms with E-state index in [0.717, 1.165) is 0 Å². The van der Waals surface area contributed by atoms with Gasteiger partial charge in [-0.25, -0.2) is 4.79 Å². The Hall–Kier alpha value is -1.82. The predicted molar refractivity (Wildman–Crippen MR) is 66.8 cm³/mol. The van der Waals surface area contributed by atoms with Crippen molar-refractivity contribution in [2.24, 2.45) is 5.92 Å². The molecule has 0 fully saturated rings. The average Bonchev–Trinajstić information content (AvgIpc) is 2.59. The number of anilines is 1. The third-order valence-corrected chi connectivity index (χ3v) is 2.43. The number of carbonyl (C=O) groups is 2. The highest BCUT2D eigenvalue weighted by atomic mass is 16.5. The number of aromatic nitrogens is 1. The van der Waals surface area contributed by atoms with Gasteiger partial charge >= 0.3 is 5.97 Å². The fourth-order valence-electron chi connectivity index (χ4n) is 1.72. The van der Waals surface area contributed by atoms with Crippen molar-refractivity contribution in [3.63, 3.8) is 0 Å². The number of aromatic carboxylic acids is 1. The number of rotatable bonds is 6. The molecule has 0 bridgehead atoms. The molecule has 6 nitrogen and oxygen atoms in total. The molecule has 100 valence electrons. The van der Waals surface area contributed by atoms with Crippen molar-refractivity contribution in [1.82, 2.24) is 4.98 Å². The van der Waals surface area contributed by atoms with Crippen LogP contribution in [0, 0.1) is 12.8 Å². The normalized spacial score (nSPS) is 12.2. The number of aromatic amines is 1. The van der Waals surface area contributed by atoms with Gasteiger partial charge in [0.2, 0.25) is 5.91 Å². The van der Waals surface area contributed by atoms with Crippen LogP contribution in [0.15, 0.2) is 6.07 Å². The van der Waals surface area contributed by atoms with Crippen LogP contribution in [-0.4, -0.2) is 35.7 Å². The highest BCUT2D eigenvalue weighted by Crippen LogP contribution is 2.17. The van der Waals surface area contributed by atoms with E-state index in [9.17, 15) is 9.59 Å². The first-order chi connectivity index (χ1) is 8.43. The van der Waals surface area contributed by atoms with Gasteiger partial charge < -0.3 is 20.1 Å². The molecular formula is C12H18N2O4. The molecule has 1 aromatic heterocycles. The molecule has 0 spiro atoms. The lowest BCUT2D eigenvalue weighted by Crippen LogP contribution is -2.18. The second kappa shape index (κ2) is 6.20. The number of hydrogen-bond acceptors (Lipinski definition) is 3. The molecule has 3 N–H and O–H groups in total. The molecule has 18 heavy (non-hydrogen) atoms. The second-order valence-corrected chi connectivity index (χ2v) is 4.36. The van der Waals surface area contributed by atoms with Crippen molar-refractivity contribution in [3.8, 4) is 0 Å². The number of ether oxygens (including phenoxy) is 1. The first-order valence-corrected chi connectivity index (χ1v) is 5.65. The molecule has 0 saturated carbocycles. The number of carbonyl (C=O) groups excluding carboxylic acids is 1. The van der Waals surface area contributed by atoms with Crippen molar-refractivity contribution < 1.29 is 19.4 Å². The van der Waals surface area contributed by atoms with Crippen molar-refractivity contribution >= 4 is 17.6 Å². The average molecular weight is 254 g/mol. The van der Waals surface area contributed by atoms with Crippen molar-refractivity contribution in [2.75, 3.05) is 19.0 Å². The standard InChI is InChI=1S/C12H18N2O4/c1-7(6-18-3)4-10(15)14-9-5-8(2)13-11(9)12(16)17/h5,7,13H,4,6H2,1-3H3,(H,14,15)(H,16,17). The van der Waals surface area contributed by atoms with E-state index in [4.69, 9.17) is 9.84 Å². The Kier molecular flexibility index (Phi) is 4.91. The molecule has 1 unspecified atom stereocenters. The zero-order valence-electron chi connectivity index (χ0n) is 10.7. The van der Waals surface area contributed by atoms with Gasteiger partial charge in [0.25, 0.3) is 0 Å². The van der Waals surface area contributed by atoms with Crippen molar-refractivity contribution in [1.29, 1.82) is 0 Å². The number of amides is 1. The van der Waals surface area contributed by atoms with Crippen LogP contribution in [-0.2, 0) is 9.53 Å². The summed E-state index contributed by atoms with van der Waals surface area (Å²) in [4.78, 5) is 25.3. The number of carboxylic acid groups (broad SMARTS) is 1. The molecule has 6 heteroatoms. The molecule has 0 aromatic carbocycles. The third kappa shape index (κ3) is 3.89. The minimum atomic E-state index is -1.09. The van der Waals surface area contributed by atoms with Crippen LogP contribution in [0.2, 0.25) is 0 Å². The molecule has 0 aliphatic carbocycles. The molecule has 1 heterocycles. The van der Waals surface area contributed by atoms with Gasteiger partial charge in [0.15, 0.2) is 0 Å². The highest BCUT2D eigenvalue weighted by molar-refractivity contribution is 5.99. The monoisotopic (exact) mass is 254 g/mol. The summed E-state index contributed by atoms with van der Waals surface area (Å²) in [5, 5.41) is 11.6. The van der Waals surface area contributed by atoms with Crippen LogP contribution < -0.4 is 5.32 Å². The van der Waals surface area contributed by atoms with Gasteiger partial charge in [0.1, 0.15) is 5.69 Å². The number of aryl methyl sites for hydroxylation is 1. The summed E-state index contributed by atoms with van der Waals surface area (Å²) in [6.45, 7) is 4.12. The second-order valence-electron chi connectivity index (χ2n) is 4.36. The van der Waals surface area contributed by atoms with E-state index in [1.165, 1.54) is 0 Å². The molecule has 0 saturated heterocycles. The van der Waals surface area contributed by atoms with E-state index in [1.54, 1.807) is 20.1 Å². The fraction of sp³-hybridized carbons (Fsp3) is 0.500. The molecule has 0 radical (unpaired) electrons. The largest absolute Gasteiger partial charge is 0.477 e. The number of hydrogen-bond donors (Lipinski definition) is 3. The quantitative estimate of drug-likeness (QED) is 0.719. The molecule has 1 rings (SSSR count). The minimum absolute atomic E-state index is 0.000226. The number of methoxy groups -OCH3 is 1. The Morgan fingerprint density at radius 3 is 2.78 bits per heavy atom. The van der Waals surface area contributed by atoms with E-state index >= 15 is 0 Å². The van der Waals surface area contributed by atoms with Gasteiger partial charge in [-0.1, -0.05) is 6.92 Å². The van der Waals surface area contributed by atoms with Crippen molar-refractivity contribution in [3.05, 3.63) is 17.5 Å². The van der Waals surface area contributed by atoms with Crippen LogP contribution in [0.25, 0.3) is 0 Å². The summed E-state index contributed by atoms with van der Waals surface area (Å²) >= 11 is 0. The minimum Gasteiger partial charge on any atom is -0.477 e. The lowest BCUT2D eigenvalue weighted by molar-refractivity contribution is -0.117. The van der Waals surface area contributed by atoms with Gasteiger partial charge in [-0.2, -0.15) is 0 Å². The Morgan fingerprint density at radius 1 is 1.56 bits per heavy atom. The summed E-state index contributed by atoms with van der Waals surface area (Å²) in [6.07, 6.45) is 0.289. The van der Waals surface area contributed by atoms with Crippen LogP contribution in [0.4, 0.5) is 5.69 Å². The SMILES string of the molecule is COCC(C)CC(=O)Nc1cc(C)[nH]c1C(=O)O. The first-order valence-electron chi connectivity index (χ1n) is 5.65. The van der Waals surface area contributed by atoms with Gasteiger partial charge in [0.05, 0.1) is 5.69 Å². The maximum Gasteiger partial charge on any atom is 0.354 e. The molecule has 1 amide bonds. The predicted octanol–water partition coefficient (Wildman–Crippen LogP) is 1.63. The van der Waals surface area contributed by atoms with Gasteiger partial charge in [-0.05, 0) is 18.9 Å². The smallest absolute Gasteiger partial charge is 0.354 e. The molecular weight excluding hydrogens is 236 g/mol. The van der Waals surface area contributed by atoms with Crippen LogP contribution >= 0.6 is 0 Å². The first kappa shape index (κ1) is 14.2. The summed E-state index contributed by atoms with van der Waals surface area (Å²) in [7, 11) is 1.58. The summed E-state index contributed by atoms with van der Waals surface area (Å²) in [5.74, 6) is -1.23. The Bertz CT molecular complexity index is 439. The zero-order valence-corrected chi connectivity index (χ0v) is 10.7. The lowest BCUT2D eigenvalue weighted by Gasteiger charge is -2.10. The van der Waals surface area contributed by atoms with Crippen LogP contribution in [0.5, 0.6) is 0 Å². The van der Waals surface area contributed by atoms with Crippen LogP contribution in [0.1, 0.15) is 29.5 Å². The number of H-pyrrole nitrogens is 1. The Labute approximate surface area is 105 Å². The topological polar surface area (TPSA) is 91.4 Å². The molecule has 1 atom stereocenters. The van der Waals surface area contributed by atoms with Gasteiger partial charge in [-0.15, -0.1) is 0 Å². The summed E-state index contributed by atoms with van der Waals surface area (Å²) < 4.78 is 4.94. The Balaban J connectivity index is 2.67. The van der Waals surface area contributed by atoms with E-state index in [-0.39, 0.29) is 23.9 Å². The maximum absolute atomic E-state index is 11.7. The molecule has 1 aromatic rings. The zero-order chi connectivity index (χ0) is 13.7. The third-order valence-electron chi connectivity index (χ3n) is 2.43. The summed E-state index contributed by atoms with van der Waals surface area (Å²) in [5.41, 5.74) is 0.988. The number of carboxylic acids is 1. The Morgan fingerprint density at radius 2 is 2.22 bits per heavy atom. The van der Waals surface area contributed by atoms with Crippen molar-refractivity contribution in [2.45, 2.75) is 20.3 Å². The molecule has 0 aliphatic rings. The number of nitrogens with one attached hydrogen (secondary N) is 2. The van der Waals surface area contributed by atoms with E-state index in [1.807, 2.05) is 6.92 Å². The lowest BCUT2D eigenvalue weighted by atomic mass is 10.1. The maximum atomic E-state index is 11.7. The van der Waals surface area contributed by atoms with E-state index < -0.39 is 5.97 Å². The summed E-state index contributed by atoms with van der Waals surface area (Å²) in [6, 6.07) is 1.60.